The first-order valence-corrected chi connectivity index (χ1v) is 13.0. The smallest absolute Gasteiger partial charge is 0.306 e. The van der Waals surface area contributed by atoms with E-state index >= 15 is 0 Å². The molecule has 2 aromatic heterocycles. The number of phenols is 2. The van der Waals surface area contributed by atoms with Gasteiger partial charge in [0.15, 0.2) is 0 Å². The zero-order valence-corrected chi connectivity index (χ0v) is 23.2. The van der Waals surface area contributed by atoms with Gasteiger partial charge in [-0.15, -0.1) is 0 Å². The highest BCUT2D eigenvalue weighted by molar-refractivity contribution is 5.71. The fourth-order valence-corrected chi connectivity index (χ4v) is 4.38. The molecule has 0 saturated heterocycles. The first kappa shape index (κ1) is 29.9. The van der Waals surface area contributed by atoms with Crippen LogP contribution in [0, 0.1) is 0 Å². The van der Waals surface area contributed by atoms with Gasteiger partial charge in [-0.1, -0.05) is 24.3 Å². The molecule has 0 aliphatic rings. The number of nitrogens with zero attached hydrogens (tertiary/aromatic N) is 4. The van der Waals surface area contributed by atoms with Gasteiger partial charge in [-0.2, -0.15) is 0 Å². The van der Waals surface area contributed by atoms with Gasteiger partial charge in [0.25, 0.3) is 0 Å². The molecule has 2 heterocycles. The highest BCUT2D eigenvalue weighted by Crippen LogP contribution is 2.30. The average Bonchev–Trinajstić information content (AvgIpc) is 3.55. The van der Waals surface area contributed by atoms with E-state index in [1.165, 1.54) is 0 Å². The number of aryl methyl sites for hydroxylation is 2. The first-order chi connectivity index (χ1) is 19.2. The van der Waals surface area contributed by atoms with E-state index in [1.54, 1.807) is 63.2 Å². The maximum atomic E-state index is 11.8. The summed E-state index contributed by atoms with van der Waals surface area (Å²) in [4.78, 5) is 31.8. The lowest BCUT2D eigenvalue weighted by atomic mass is 9.92. The molecular formula is C30H36N4O6. The maximum Gasteiger partial charge on any atom is 0.306 e. The second-order valence-electron chi connectivity index (χ2n) is 9.17. The third kappa shape index (κ3) is 8.20. The number of phenolic OH excluding ortho intramolecular Hbond substituents is 2. The molecule has 0 amide bonds. The summed E-state index contributed by atoms with van der Waals surface area (Å²) in [6.07, 6.45) is 7.39. The fraction of sp³-hybridized carbons (Fsp3) is 0.333. The predicted octanol–water partition coefficient (Wildman–Crippen LogP) is 4.42. The summed E-state index contributed by atoms with van der Waals surface area (Å²) >= 11 is 0. The summed E-state index contributed by atoms with van der Waals surface area (Å²) in [6.45, 7) is 4.31. The Morgan fingerprint density at radius 2 is 1.05 bits per heavy atom. The predicted molar refractivity (Wildman–Crippen MR) is 149 cm³/mol. The van der Waals surface area contributed by atoms with Crippen LogP contribution in [0.2, 0.25) is 0 Å². The van der Waals surface area contributed by atoms with Crippen molar-refractivity contribution in [2.75, 3.05) is 13.2 Å². The van der Waals surface area contributed by atoms with Crippen molar-refractivity contribution in [1.82, 2.24) is 19.1 Å². The van der Waals surface area contributed by atoms with Crippen LogP contribution in [0.5, 0.6) is 11.5 Å². The number of carbonyl (C=O) groups is 2. The van der Waals surface area contributed by atoms with Gasteiger partial charge in [0, 0.05) is 49.7 Å². The second-order valence-corrected chi connectivity index (χ2v) is 9.17. The lowest BCUT2D eigenvalue weighted by Crippen LogP contribution is -2.14. The number of ether oxygens (including phenoxy) is 2. The minimum Gasteiger partial charge on any atom is -0.508 e. The van der Waals surface area contributed by atoms with Crippen LogP contribution in [0.15, 0.2) is 73.6 Å². The van der Waals surface area contributed by atoms with Gasteiger partial charge in [0.1, 0.15) is 11.5 Å². The van der Waals surface area contributed by atoms with Gasteiger partial charge < -0.3 is 28.8 Å². The number of aromatic nitrogens is 4. The molecule has 0 aliphatic heterocycles. The SMILES string of the molecule is CCOC(=O)CC(c1ccc(O)cc1)c1cncn1C.CCOC(=O)C[C@@H](c1ccc(O)cc1)c1cncn1C. The van der Waals surface area contributed by atoms with E-state index in [2.05, 4.69) is 9.97 Å². The quantitative estimate of drug-likeness (QED) is 0.279. The van der Waals surface area contributed by atoms with E-state index in [0.717, 1.165) is 22.5 Å². The normalized spacial score (nSPS) is 12.1. The zero-order chi connectivity index (χ0) is 29.1. The molecule has 2 N–H and O–H groups in total. The van der Waals surface area contributed by atoms with Gasteiger partial charge in [-0.25, -0.2) is 9.97 Å². The van der Waals surface area contributed by atoms with Crippen molar-refractivity contribution in [2.45, 2.75) is 38.5 Å². The zero-order valence-electron chi connectivity index (χ0n) is 23.2. The minimum atomic E-state index is -0.244. The van der Waals surface area contributed by atoms with E-state index in [9.17, 15) is 19.8 Å². The Labute approximate surface area is 233 Å². The molecule has 0 spiro atoms. The number of hydrogen-bond acceptors (Lipinski definition) is 8. The third-order valence-corrected chi connectivity index (χ3v) is 6.37. The Morgan fingerprint density at radius 3 is 1.32 bits per heavy atom. The molecule has 40 heavy (non-hydrogen) atoms. The molecule has 0 radical (unpaired) electrons. The number of hydrogen-bond donors (Lipinski definition) is 2. The van der Waals surface area contributed by atoms with Crippen LogP contribution in [0.25, 0.3) is 0 Å². The van der Waals surface area contributed by atoms with Crippen molar-refractivity contribution >= 4 is 11.9 Å². The van der Waals surface area contributed by atoms with Gasteiger partial charge in [-0.3, -0.25) is 9.59 Å². The molecule has 2 atom stereocenters. The average molecular weight is 549 g/mol. The van der Waals surface area contributed by atoms with E-state index in [4.69, 9.17) is 9.47 Å². The molecule has 4 aromatic rings. The summed E-state index contributed by atoms with van der Waals surface area (Å²) in [5.41, 5.74) is 3.76. The standard InChI is InChI=1S/2C15H18N2O3/c2*1-3-20-15(19)8-13(14-9-16-10-17(14)2)11-4-6-12(18)7-5-11/h2*4-7,9-10,13,18H,3,8H2,1-2H3/t13-;/m0./s1. The van der Waals surface area contributed by atoms with Crippen molar-refractivity contribution in [3.05, 3.63) is 96.1 Å². The lowest BCUT2D eigenvalue weighted by molar-refractivity contribution is -0.144. The lowest BCUT2D eigenvalue weighted by Gasteiger charge is -2.17. The van der Waals surface area contributed by atoms with Gasteiger partial charge in [0.05, 0.1) is 38.7 Å². The van der Waals surface area contributed by atoms with Crippen LogP contribution >= 0.6 is 0 Å². The first-order valence-electron chi connectivity index (χ1n) is 13.0. The fourth-order valence-electron chi connectivity index (χ4n) is 4.38. The summed E-state index contributed by atoms with van der Waals surface area (Å²) in [7, 11) is 3.78. The molecule has 0 aliphatic carbocycles. The Hall–Kier alpha value is -4.60. The highest BCUT2D eigenvalue weighted by atomic mass is 16.5. The van der Waals surface area contributed by atoms with Crippen LogP contribution in [0.3, 0.4) is 0 Å². The van der Waals surface area contributed by atoms with Crippen molar-refractivity contribution in [3.8, 4) is 11.5 Å². The number of rotatable bonds is 10. The van der Waals surface area contributed by atoms with E-state index < -0.39 is 0 Å². The number of carbonyl (C=O) groups excluding carboxylic acids is 2. The third-order valence-electron chi connectivity index (χ3n) is 6.37. The molecule has 0 fully saturated rings. The summed E-state index contributed by atoms with van der Waals surface area (Å²) in [6, 6.07) is 13.7. The van der Waals surface area contributed by atoms with Gasteiger partial charge >= 0.3 is 11.9 Å². The van der Waals surface area contributed by atoms with E-state index in [-0.39, 0.29) is 48.1 Å². The number of aromatic hydroxyl groups is 2. The topological polar surface area (TPSA) is 129 Å². The molecule has 10 heteroatoms. The van der Waals surface area contributed by atoms with Crippen LogP contribution in [-0.4, -0.2) is 54.5 Å². The molecule has 0 saturated carbocycles. The Bertz CT molecular complexity index is 1260. The van der Waals surface area contributed by atoms with Gasteiger partial charge in [-0.05, 0) is 49.2 Å². The molecule has 4 rings (SSSR count). The van der Waals surface area contributed by atoms with Crippen molar-refractivity contribution < 1.29 is 29.3 Å². The minimum absolute atomic E-state index is 0.137. The monoisotopic (exact) mass is 548 g/mol. The largest absolute Gasteiger partial charge is 0.508 e. The molecular weight excluding hydrogens is 512 g/mol. The van der Waals surface area contributed by atoms with Crippen molar-refractivity contribution in [2.24, 2.45) is 14.1 Å². The molecule has 0 bridgehead atoms. The number of benzene rings is 2. The molecule has 1 unspecified atom stereocenters. The van der Waals surface area contributed by atoms with Crippen LogP contribution in [-0.2, 0) is 33.2 Å². The summed E-state index contributed by atoms with van der Waals surface area (Å²) in [5.74, 6) is -0.356. The van der Waals surface area contributed by atoms with Crippen LogP contribution < -0.4 is 0 Å². The molecule has 2 aromatic carbocycles. The van der Waals surface area contributed by atoms with E-state index in [0.29, 0.717) is 13.2 Å². The van der Waals surface area contributed by atoms with Crippen LogP contribution in [0.1, 0.15) is 61.0 Å². The second kappa shape index (κ2) is 14.5. The number of esters is 2. The highest BCUT2D eigenvalue weighted by Gasteiger charge is 2.23. The summed E-state index contributed by atoms with van der Waals surface area (Å²) < 4.78 is 13.8. The Morgan fingerprint density at radius 1 is 0.700 bits per heavy atom. The summed E-state index contributed by atoms with van der Waals surface area (Å²) in [5, 5.41) is 18.8. The van der Waals surface area contributed by atoms with Crippen molar-refractivity contribution in [1.29, 1.82) is 0 Å². The Balaban J connectivity index is 0.000000220. The number of imidazole rings is 2. The van der Waals surface area contributed by atoms with Gasteiger partial charge in [0.2, 0.25) is 0 Å². The Kier molecular flexibility index (Phi) is 10.9. The van der Waals surface area contributed by atoms with E-state index in [1.807, 2.05) is 47.5 Å². The van der Waals surface area contributed by atoms with Crippen molar-refractivity contribution in [3.63, 3.8) is 0 Å². The van der Waals surface area contributed by atoms with Crippen LogP contribution in [0.4, 0.5) is 0 Å². The molecule has 10 nitrogen and oxygen atoms in total. The maximum absolute atomic E-state index is 11.8. The molecule has 212 valence electrons.